The predicted molar refractivity (Wildman–Crippen MR) is 57.5 cm³/mol. The average molecular weight is 224 g/mol. The quantitative estimate of drug-likeness (QED) is 0.758. The van der Waals surface area contributed by atoms with Crippen molar-refractivity contribution in [3.63, 3.8) is 0 Å². The Morgan fingerprint density at radius 3 is 2.88 bits per heavy atom. The second-order valence-corrected chi connectivity index (χ2v) is 3.07. The molecule has 0 aromatic carbocycles. The zero-order chi connectivity index (χ0) is 12.1. The fourth-order valence-corrected chi connectivity index (χ4v) is 1.13. The van der Waals surface area contributed by atoms with Crippen LogP contribution in [0.1, 0.15) is 10.4 Å². The summed E-state index contributed by atoms with van der Waals surface area (Å²) in [5, 5.41) is 11.2. The van der Waals surface area contributed by atoms with E-state index in [0.29, 0.717) is 0 Å². The van der Waals surface area contributed by atoms with Crippen molar-refractivity contribution in [3.8, 4) is 0 Å². The van der Waals surface area contributed by atoms with Crippen LogP contribution in [0.2, 0.25) is 0 Å². The molecular formula is C10H12N2O4. The molecule has 0 saturated heterocycles. The number of hydrogen-bond donors (Lipinski definition) is 2. The number of aryl methyl sites for hydroxylation is 1. The fraction of sp³-hybridized carbons (Fsp3) is 0.200. The van der Waals surface area contributed by atoms with Crippen molar-refractivity contribution in [2.45, 2.75) is 0 Å². The summed E-state index contributed by atoms with van der Waals surface area (Å²) in [4.78, 5) is 22.0. The maximum atomic E-state index is 11.2. The second-order valence-electron chi connectivity index (χ2n) is 3.07. The molecule has 86 valence electrons. The Hall–Kier alpha value is -2.24. The molecule has 0 spiro atoms. The number of ether oxygens (including phenoxy) is 1. The van der Waals surface area contributed by atoms with Crippen LogP contribution < -0.4 is 5.32 Å². The molecule has 2 N–H and O–H groups in total. The summed E-state index contributed by atoms with van der Waals surface area (Å²) in [5.74, 6) is -1.11. The van der Waals surface area contributed by atoms with Crippen LogP contribution in [0.15, 0.2) is 25.0 Å². The highest BCUT2D eigenvalue weighted by atomic mass is 16.5. The second kappa shape index (κ2) is 5.01. The third kappa shape index (κ3) is 2.88. The minimum atomic E-state index is -1.11. The van der Waals surface area contributed by atoms with Gasteiger partial charge in [-0.1, -0.05) is 12.7 Å². The maximum Gasteiger partial charge on any atom is 0.412 e. The van der Waals surface area contributed by atoms with Gasteiger partial charge in [0.2, 0.25) is 0 Å². The lowest BCUT2D eigenvalue weighted by atomic mass is 10.3. The molecule has 1 rings (SSSR count). The summed E-state index contributed by atoms with van der Waals surface area (Å²) >= 11 is 0. The normalized spacial score (nSPS) is 9.56. The van der Waals surface area contributed by atoms with Crippen LogP contribution in [-0.2, 0) is 11.8 Å². The van der Waals surface area contributed by atoms with Gasteiger partial charge in [0, 0.05) is 19.4 Å². The highest BCUT2D eigenvalue weighted by Crippen LogP contribution is 2.16. The Balaban J connectivity index is 2.76. The van der Waals surface area contributed by atoms with Gasteiger partial charge in [-0.15, -0.1) is 0 Å². The summed E-state index contributed by atoms with van der Waals surface area (Å²) in [6, 6.07) is 0. The Morgan fingerprint density at radius 1 is 1.62 bits per heavy atom. The molecule has 0 atom stereocenters. The molecule has 0 saturated carbocycles. The van der Waals surface area contributed by atoms with Crippen molar-refractivity contribution in [2.24, 2.45) is 7.05 Å². The van der Waals surface area contributed by atoms with Crippen LogP contribution >= 0.6 is 0 Å². The van der Waals surface area contributed by atoms with Crippen LogP contribution in [0.3, 0.4) is 0 Å². The van der Waals surface area contributed by atoms with E-state index in [9.17, 15) is 9.59 Å². The van der Waals surface area contributed by atoms with E-state index < -0.39 is 12.1 Å². The molecule has 0 aliphatic carbocycles. The summed E-state index contributed by atoms with van der Waals surface area (Å²) in [6.07, 6.45) is 3.58. The first-order chi connectivity index (χ1) is 7.54. The van der Waals surface area contributed by atoms with Gasteiger partial charge in [0.1, 0.15) is 12.2 Å². The molecule has 0 aliphatic heterocycles. The molecule has 0 fully saturated rings. The number of carboxylic acid groups (broad SMARTS) is 1. The number of amides is 1. The highest BCUT2D eigenvalue weighted by molar-refractivity contribution is 5.98. The third-order valence-electron chi connectivity index (χ3n) is 1.76. The zero-order valence-electron chi connectivity index (χ0n) is 8.77. The predicted octanol–water partition coefficient (Wildman–Crippen LogP) is 1.46. The third-order valence-corrected chi connectivity index (χ3v) is 1.76. The van der Waals surface area contributed by atoms with E-state index in [1.54, 1.807) is 7.05 Å². The molecule has 0 bridgehead atoms. The largest absolute Gasteiger partial charge is 0.478 e. The lowest BCUT2D eigenvalue weighted by Gasteiger charge is -2.03. The van der Waals surface area contributed by atoms with Gasteiger partial charge >= 0.3 is 12.1 Å². The number of carbonyl (C=O) groups is 2. The number of aromatic carboxylic acids is 1. The Kier molecular flexibility index (Phi) is 3.71. The Labute approximate surface area is 92.1 Å². The first-order valence-corrected chi connectivity index (χ1v) is 4.48. The van der Waals surface area contributed by atoms with Crippen LogP contribution in [0, 0.1) is 0 Å². The molecule has 1 heterocycles. The fourth-order valence-electron chi connectivity index (χ4n) is 1.13. The van der Waals surface area contributed by atoms with E-state index in [0.717, 1.165) is 0 Å². The number of nitrogens with zero attached hydrogens (tertiary/aromatic N) is 1. The summed E-state index contributed by atoms with van der Waals surface area (Å²) < 4.78 is 6.20. The smallest absolute Gasteiger partial charge is 0.412 e. The summed E-state index contributed by atoms with van der Waals surface area (Å²) in [5.41, 5.74) is 0.210. The van der Waals surface area contributed by atoms with E-state index >= 15 is 0 Å². The number of rotatable bonds is 4. The standard InChI is InChI=1S/C10H12N2O4/c1-3-4-16-10(15)11-8-6-12(2)5-7(8)9(13)14/h3,5-6H,1,4H2,2H3,(H,11,15)(H,13,14). The minimum absolute atomic E-state index is 0.0121. The molecule has 1 aromatic heterocycles. The van der Waals surface area contributed by atoms with Gasteiger partial charge in [-0.3, -0.25) is 5.32 Å². The summed E-state index contributed by atoms with van der Waals surface area (Å²) in [6.45, 7) is 3.46. The highest BCUT2D eigenvalue weighted by Gasteiger charge is 2.14. The van der Waals surface area contributed by atoms with Crippen molar-refractivity contribution in [2.75, 3.05) is 11.9 Å². The van der Waals surface area contributed by atoms with E-state index in [4.69, 9.17) is 5.11 Å². The topological polar surface area (TPSA) is 80.6 Å². The molecular weight excluding hydrogens is 212 g/mol. The van der Waals surface area contributed by atoms with Gasteiger partial charge in [0.15, 0.2) is 0 Å². The van der Waals surface area contributed by atoms with Gasteiger partial charge in [-0.25, -0.2) is 9.59 Å². The number of anilines is 1. The first kappa shape index (κ1) is 11.8. The van der Waals surface area contributed by atoms with Gasteiger partial charge < -0.3 is 14.4 Å². The Morgan fingerprint density at radius 2 is 2.31 bits per heavy atom. The number of hydrogen-bond acceptors (Lipinski definition) is 3. The molecule has 6 nitrogen and oxygen atoms in total. The molecule has 1 amide bonds. The van der Waals surface area contributed by atoms with Crippen molar-refractivity contribution < 1.29 is 19.4 Å². The van der Waals surface area contributed by atoms with Crippen molar-refractivity contribution >= 4 is 17.7 Å². The number of carbonyl (C=O) groups excluding carboxylic acids is 1. The molecule has 16 heavy (non-hydrogen) atoms. The van der Waals surface area contributed by atoms with Crippen LogP contribution in [0.25, 0.3) is 0 Å². The number of nitrogens with one attached hydrogen (secondary N) is 1. The van der Waals surface area contributed by atoms with Crippen LogP contribution in [-0.4, -0.2) is 28.3 Å². The average Bonchev–Trinajstić information content (AvgIpc) is 2.56. The molecule has 6 heteroatoms. The van der Waals surface area contributed by atoms with E-state index in [1.807, 2.05) is 0 Å². The molecule has 0 unspecified atom stereocenters. The molecule has 0 aliphatic rings. The lowest BCUT2D eigenvalue weighted by molar-refractivity contribution is 0.0698. The first-order valence-electron chi connectivity index (χ1n) is 4.48. The summed E-state index contributed by atoms with van der Waals surface area (Å²) in [7, 11) is 1.66. The van der Waals surface area contributed by atoms with Crippen molar-refractivity contribution in [1.82, 2.24) is 4.57 Å². The van der Waals surface area contributed by atoms with E-state index in [1.165, 1.54) is 23.0 Å². The number of aromatic nitrogens is 1. The van der Waals surface area contributed by atoms with Gasteiger partial charge in [-0.2, -0.15) is 0 Å². The Bertz CT molecular complexity index is 422. The van der Waals surface area contributed by atoms with E-state index in [-0.39, 0.29) is 17.9 Å². The van der Waals surface area contributed by atoms with Crippen LogP contribution in [0.5, 0.6) is 0 Å². The van der Waals surface area contributed by atoms with Gasteiger partial charge in [0.25, 0.3) is 0 Å². The van der Waals surface area contributed by atoms with Gasteiger partial charge in [0.05, 0.1) is 5.69 Å². The zero-order valence-corrected chi connectivity index (χ0v) is 8.77. The lowest BCUT2D eigenvalue weighted by Crippen LogP contribution is -2.15. The van der Waals surface area contributed by atoms with Crippen molar-refractivity contribution in [3.05, 3.63) is 30.6 Å². The van der Waals surface area contributed by atoms with Crippen LogP contribution in [0.4, 0.5) is 10.5 Å². The van der Waals surface area contributed by atoms with Crippen molar-refractivity contribution in [1.29, 1.82) is 0 Å². The minimum Gasteiger partial charge on any atom is -0.478 e. The van der Waals surface area contributed by atoms with E-state index in [2.05, 4.69) is 16.6 Å². The molecule has 1 aromatic rings. The maximum absolute atomic E-state index is 11.2. The molecule has 0 radical (unpaired) electrons. The monoisotopic (exact) mass is 224 g/mol. The van der Waals surface area contributed by atoms with Gasteiger partial charge in [-0.05, 0) is 0 Å². The number of carboxylic acids is 1. The SMILES string of the molecule is C=CCOC(=O)Nc1cn(C)cc1C(=O)O.